The lowest BCUT2D eigenvalue weighted by molar-refractivity contribution is -0.137. The van der Waals surface area contributed by atoms with Crippen molar-refractivity contribution in [3.05, 3.63) is 12.2 Å². The first-order valence-electron chi connectivity index (χ1n) is 7.52. The third-order valence-electron chi connectivity index (χ3n) is 2.86. The van der Waals surface area contributed by atoms with Gasteiger partial charge in [-0.05, 0) is 13.3 Å². The van der Waals surface area contributed by atoms with E-state index in [4.69, 9.17) is 10.2 Å². The van der Waals surface area contributed by atoms with Crippen LogP contribution in [-0.2, 0) is 9.59 Å². The minimum absolute atomic E-state index is 0.176. The van der Waals surface area contributed by atoms with Crippen molar-refractivity contribution in [2.24, 2.45) is 0 Å². The lowest BCUT2D eigenvalue weighted by Gasteiger charge is -2.00. The number of carbonyl (C=O) groups is 2. The van der Waals surface area contributed by atoms with E-state index in [1.165, 1.54) is 51.9 Å². The van der Waals surface area contributed by atoms with Crippen LogP contribution in [0, 0.1) is 0 Å². The Kier molecular flexibility index (Phi) is 16.5. The summed E-state index contributed by atoms with van der Waals surface area (Å²) in [6, 6.07) is 0. The molecule has 0 bridgehead atoms. The predicted octanol–water partition coefficient (Wildman–Crippen LogP) is 4.64. The molecule has 0 aliphatic rings. The van der Waals surface area contributed by atoms with Gasteiger partial charge in [-0.1, -0.05) is 64.9 Å². The van der Waals surface area contributed by atoms with E-state index in [1.807, 2.05) is 0 Å². The fourth-order valence-corrected chi connectivity index (χ4v) is 1.59. The van der Waals surface area contributed by atoms with Crippen LogP contribution in [0.25, 0.3) is 0 Å². The SMILES string of the molecule is C=C(C)C(=O)O.CCCCCCCCCCCC(=O)O. The first kappa shape index (κ1) is 21.0. The minimum Gasteiger partial charge on any atom is -0.481 e. The summed E-state index contributed by atoms with van der Waals surface area (Å²) in [5.41, 5.74) is 0.176. The summed E-state index contributed by atoms with van der Waals surface area (Å²) in [6.45, 7) is 6.83. The van der Waals surface area contributed by atoms with Crippen molar-refractivity contribution >= 4 is 11.9 Å². The van der Waals surface area contributed by atoms with Gasteiger partial charge in [0.1, 0.15) is 0 Å². The molecule has 2 N–H and O–H groups in total. The molecule has 4 heteroatoms. The van der Waals surface area contributed by atoms with Gasteiger partial charge >= 0.3 is 11.9 Å². The highest BCUT2D eigenvalue weighted by molar-refractivity contribution is 5.84. The summed E-state index contributed by atoms with van der Waals surface area (Å²) in [5, 5.41) is 16.3. The molecule has 0 amide bonds. The molecule has 0 aromatic rings. The van der Waals surface area contributed by atoms with Gasteiger partial charge < -0.3 is 10.2 Å². The molecule has 0 rings (SSSR count). The maximum atomic E-state index is 10.2. The molecule has 0 aliphatic carbocycles. The predicted molar refractivity (Wildman–Crippen MR) is 81.9 cm³/mol. The highest BCUT2D eigenvalue weighted by Crippen LogP contribution is 2.10. The summed E-state index contributed by atoms with van der Waals surface area (Å²) < 4.78 is 0. The van der Waals surface area contributed by atoms with Gasteiger partial charge in [-0.2, -0.15) is 0 Å². The standard InChI is InChI=1S/C12H24O2.C4H6O2/c1-2-3-4-5-6-7-8-9-10-11-12(13)14;1-3(2)4(5)6/h2-11H2,1H3,(H,13,14);1H2,2H3,(H,5,6). The van der Waals surface area contributed by atoms with E-state index in [0.29, 0.717) is 6.42 Å². The zero-order valence-corrected chi connectivity index (χ0v) is 13.0. The Hall–Kier alpha value is -1.32. The molecular formula is C16H30O4. The van der Waals surface area contributed by atoms with E-state index < -0.39 is 11.9 Å². The molecule has 0 atom stereocenters. The maximum absolute atomic E-state index is 10.2. The van der Waals surface area contributed by atoms with Gasteiger partial charge in [-0.25, -0.2) is 4.79 Å². The zero-order valence-electron chi connectivity index (χ0n) is 13.0. The monoisotopic (exact) mass is 286 g/mol. The largest absolute Gasteiger partial charge is 0.481 e. The van der Waals surface area contributed by atoms with Crippen molar-refractivity contribution in [3.63, 3.8) is 0 Å². The second-order valence-corrected chi connectivity index (χ2v) is 5.06. The van der Waals surface area contributed by atoms with Crippen LogP contribution in [-0.4, -0.2) is 22.2 Å². The first-order valence-corrected chi connectivity index (χ1v) is 7.52. The van der Waals surface area contributed by atoms with Crippen LogP contribution in [0.15, 0.2) is 12.2 Å². The fraction of sp³-hybridized carbons (Fsp3) is 0.750. The number of hydrogen-bond donors (Lipinski definition) is 2. The van der Waals surface area contributed by atoms with E-state index in [0.717, 1.165) is 12.8 Å². The van der Waals surface area contributed by atoms with Crippen molar-refractivity contribution in [1.82, 2.24) is 0 Å². The van der Waals surface area contributed by atoms with Crippen molar-refractivity contribution in [2.75, 3.05) is 0 Å². The summed E-state index contributed by atoms with van der Waals surface area (Å²) in [6.07, 6.45) is 11.5. The number of rotatable bonds is 11. The van der Waals surface area contributed by atoms with E-state index in [-0.39, 0.29) is 5.57 Å². The van der Waals surface area contributed by atoms with Gasteiger partial charge in [-0.15, -0.1) is 0 Å². The molecule has 0 heterocycles. The highest BCUT2D eigenvalue weighted by Gasteiger charge is 1.96. The fourth-order valence-electron chi connectivity index (χ4n) is 1.59. The van der Waals surface area contributed by atoms with E-state index in [1.54, 1.807) is 0 Å². The van der Waals surface area contributed by atoms with Gasteiger partial charge in [0.2, 0.25) is 0 Å². The third kappa shape index (κ3) is 21.9. The molecule has 0 spiro atoms. The molecule has 118 valence electrons. The lowest BCUT2D eigenvalue weighted by atomic mass is 10.1. The Morgan fingerprint density at radius 1 is 0.850 bits per heavy atom. The Morgan fingerprint density at radius 2 is 1.20 bits per heavy atom. The van der Waals surface area contributed by atoms with Crippen molar-refractivity contribution in [3.8, 4) is 0 Å². The first-order chi connectivity index (χ1) is 9.41. The Bertz CT molecular complexity index is 260. The summed E-state index contributed by atoms with van der Waals surface area (Å²) in [4.78, 5) is 19.8. The number of unbranched alkanes of at least 4 members (excludes halogenated alkanes) is 8. The highest BCUT2D eigenvalue weighted by atomic mass is 16.4. The third-order valence-corrected chi connectivity index (χ3v) is 2.86. The molecular weight excluding hydrogens is 256 g/mol. The van der Waals surface area contributed by atoms with Crippen LogP contribution < -0.4 is 0 Å². The molecule has 0 saturated carbocycles. The molecule has 0 fully saturated rings. The van der Waals surface area contributed by atoms with E-state index >= 15 is 0 Å². The quantitative estimate of drug-likeness (QED) is 0.428. The second-order valence-electron chi connectivity index (χ2n) is 5.06. The second kappa shape index (κ2) is 15.7. The average Bonchev–Trinajstić information content (AvgIpc) is 2.37. The van der Waals surface area contributed by atoms with Gasteiger partial charge in [-0.3, -0.25) is 4.79 Å². The van der Waals surface area contributed by atoms with Crippen LogP contribution in [0.3, 0.4) is 0 Å². The van der Waals surface area contributed by atoms with Gasteiger partial charge in [0, 0.05) is 12.0 Å². The van der Waals surface area contributed by atoms with Gasteiger partial charge in [0.15, 0.2) is 0 Å². The summed E-state index contributed by atoms with van der Waals surface area (Å²) in [5.74, 6) is -1.59. The van der Waals surface area contributed by atoms with E-state index in [2.05, 4.69) is 13.5 Å². The molecule has 20 heavy (non-hydrogen) atoms. The number of carboxylic acid groups (broad SMARTS) is 2. The van der Waals surface area contributed by atoms with Gasteiger partial charge in [0.25, 0.3) is 0 Å². The normalized spacial score (nSPS) is 9.50. The lowest BCUT2D eigenvalue weighted by Crippen LogP contribution is -1.93. The molecule has 0 aliphatic heterocycles. The van der Waals surface area contributed by atoms with Gasteiger partial charge in [0.05, 0.1) is 0 Å². The number of hydrogen-bond acceptors (Lipinski definition) is 2. The van der Waals surface area contributed by atoms with E-state index in [9.17, 15) is 9.59 Å². The Labute approximate surface area is 122 Å². The van der Waals surface area contributed by atoms with Crippen LogP contribution in [0.1, 0.15) is 78.1 Å². The van der Waals surface area contributed by atoms with Crippen LogP contribution in [0.5, 0.6) is 0 Å². The Morgan fingerprint density at radius 3 is 1.50 bits per heavy atom. The molecule has 0 aromatic carbocycles. The smallest absolute Gasteiger partial charge is 0.330 e. The zero-order chi connectivity index (χ0) is 15.8. The van der Waals surface area contributed by atoms with Crippen LogP contribution >= 0.6 is 0 Å². The summed E-state index contributed by atoms with van der Waals surface area (Å²) >= 11 is 0. The number of aliphatic carboxylic acids is 2. The topological polar surface area (TPSA) is 74.6 Å². The molecule has 0 unspecified atom stereocenters. The molecule has 4 nitrogen and oxygen atoms in total. The molecule has 0 saturated heterocycles. The summed E-state index contributed by atoms with van der Waals surface area (Å²) in [7, 11) is 0. The van der Waals surface area contributed by atoms with Crippen molar-refractivity contribution < 1.29 is 19.8 Å². The average molecular weight is 286 g/mol. The van der Waals surface area contributed by atoms with Crippen LogP contribution in [0.4, 0.5) is 0 Å². The minimum atomic E-state index is -0.935. The van der Waals surface area contributed by atoms with Crippen molar-refractivity contribution in [1.29, 1.82) is 0 Å². The Balaban J connectivity index is 0. The van der Waals surface area contributed by atoms with Crippen LogP contribution in [0.2, 0.25) is 0 Å². The molecule has 0 radical (unpaired) electrons. The molecule has 0 aromatic heterocycles. The number of carboxylic acids is 2. The maximum Gasteiger partial charge on any atom is 0.330 e. The van der Waals surface area contributed by atoms with Crippen molar-refractivity contribution in [2.45, 2.75) is 78.1 Å².